The van der Waals surface area contributed by atoms with Gasteiger partial charge in [0.2, 0.25) is 0 Å². The van der Waals surface area contributed by atoms with Crippen LogP contribution < -0.4 is 4.74 Å². The number of hydrogen-bond donors (Lipinski definition) is 1. The molecule has 0 saturated carbocycles. The van der Waals surface area contributed by atoms with Gasteiger partial charge in [-0.1, -0.05) is 71.4 Å². The van der Waals surface area contributed by atoms with E-state index < -0.39 is 18.4 Å². The Hall–Kier alpha value is -2.06. The summed E-state index contributed by atoms with van der Waals surface area (Å²) in [6, 6.07) is 12.3. The Morgan fingerprint density at radius 2 is 2.00 bits per heavy atom. The molecule has 1 saturated heterocycles. The molecule has 2 aromatic carbocycles. The standard InChI is InChI=1S/C19H13Cl2NO4S2/c20-13-6-5-12(14(21)8-13)10-26-15-4-2-1-3-11(15)7-16-18(25)22(9-17(23)24)19(27)28-16/h1-8H,9-10H2,(H,23,24)/b16-7+. The number of ether oxygens (including phenoxy) is 1. The van der Waals surface area contributed by atoms with Gasteiger partial charge < -0.3 is 9.84 Å². The van der Waals surface area contributed by atoms with Gasteiger partial charge in [-0.15, -0.1) is 0 Å². The highest BCUT2D eigenvalue weighted by Crippen LogP contribution is 2.34. The number of thioether (sulfide) groups is 1. The van der Waals surface area contributed by atoms with Crippen LogP contribution in [-0.4, -0.2) is 32.7 Å². The molecular formula is C19H13Cl2NO4S2. The molecule has 5 nitrogen and oxygen atoms in total. The highest BCUT2D eigenvalue weighted by molar-refractivity contribution is 8.26. The van der Waals surface area contributed by atoms with E-state index in [1.54, 1.807) is 36.4 Å². The number of benzene rings is 2. The Balaban J connectivity index is 1.80. The summed E-state index contributed by atoms with van der Waals surface area (Å²) in [5.74, 6) is -1.01. The number of para-hydroxylation sites is 1. The molecule has 0 spiro atoms. The number of carbonyl (C=O) groups is 2. The topological polar surface area (TPSA) is 66.8 Å². The van der Waals surface area contributed by atoms with Crippen molar-refractivity contribution >= 4 is 69.5 Å². The van der Waals surface area contributed by atoms with E-state index in [0.717, 1.165) is 22.2 Å². The van der Waals surface area contributed by atoms with Crippen molar-refractivity contribution in [1.82, 2.24) is 4.90 Å². The maximum Gasteiger partial charge on any atom is 0.323 e. The van der Waals surface area contributed by atoms with E-state index in [0.29, 0.717) is 26.3 Å². The van der Waals surface area contributed by atoms with Crippen LogP contribution >= 0.6 is 47.2 Å². The number of halogens is 2. The summed E-state index contributed by atoms with van der Waals surface area (Å²) >= 11 is 18.2. The number of rotatable bonds is 6. The summed E-state index contributed by atoms with van der Waals surface area (Å²) in [5.41, 5.74) is 1.44. The van der Waals surface area contributed by atoms with E-state index in [1.807, 2.05) is 12.1 Å². The molecule has 1 amide bonds. The number of carbonyl (C=O) groups excluding carboxylic acids is 1. The fourth-order valence-electron chi connectivity index (χ4n) is 2.44. The van der Waals surface area contributed by atoms with Crippen molar-refractivity contribution in [3.8, 4) is 5.75 Å². The molecule has 0 radical (unpaired) electrons. The Kier molecular flexibility index (Phi) is 6.61. The summed E-state index contributed by atoms with van der Waals surface area (Å²) in [6.07, 6.45) is 1.64. The molecule has 1 aliphatic rings. The lowest BCUT2D eigenvalue weighted by Crippen LogP contribution is -2.33. The molecule has 1 aliphatic heterocycles. The number of aliphatic carboxylic acids is 1. The zero-order chi connectivity index (χ0) is 20.3. The predicted molar refractivity (Wildman–Crippen MR) is 115 cm³/mol. The van der Waals surface area contributed by atoms with Gasteiger partial charge in [-0.05, 0) is 24.3 Å². The van der Waals surface area contributed by atoms with Gasteiger partial charge in [0.1, 0.15) is 23.2 Å². The second-order valence-electron chi connectivity index (χ2n) is 5.72. The highest BCUT2D eigenvalue weighted by Gasteiger charge is 2.33. The summed E-state index contributed by atoms with van der Waals surface area (Å²) in [6.45, 7) is -0.240. The lowest BCUT2D eigenvalue weighted by molar-refractivity contribution is -0.140. The maximum absolute atomic E-state index is 12.4. The molecule has 1 heterocycles. The lowest BCUT2D eigenvalue weighted by Gasteiger charge is -2.11. The summed E-state index contributed by atoms with van der Waals surface area (Å²) in [5, 5.41) is 9.96. The second kappa shape index (κ2) is 8.96. The number of nitrogens with zero attached hydrogens (tertiary/aromatic N) is 1. The van der Waals surface area contributed by atoms with Crippen LogP contribution in [0.1, 0.15) is 11.1 Å². The summed E-state index contributed by atoms with van der Waals surface area (Å²) in [4.78, 5) is 24.8. The molecule has 3 rings (SSSR count). The molecule has 0 atom stereocenters. The molecule has 1 fully saturated rings. The van der Waals surface area contributed by atoms with Gasteiger partial charge in [-0.3, -0.25) is 14.5 Å². The maximum atomic E-state index is 12.4. The van der Waals surface area contributed by atoms with Crippen molar-refractivity contribution in [3.63, 3.8) is 0 Å². The van der Waals surface area contributed by atoms with E-state index in [4.69, 9.17) is 45.3 Å². The van der Waals surface area contributed by atoms with Crippen LogP contribution in [0.5, 0.6) is 5.75 Å². The Morgan fingerprint density at radius 3 is 2.71 bits per heavy atom. The van der Waals surface area contributed by atoms with Crippen LogP contribution in [0.4, 0.5) is 0 Å². The van der Waals surface area contributed by atoms with Crippen molar-refractivity contribution < 1.29 is 19.4 Å². The molecular weight excluding hydrogens is 441 g/mol. The van der Waals surface area contributed by atoms with Crippen molar-refractivity contribution in [1.29, 1.82) is 0 Å². The number of amides is 1. The van der Waals surface area contributed by atoms with Gasteiger partial charge in [0.05, 0.1) is 4.91 Å². The second-order valence-corrected chi connectivity index (χ2v) is 8.24. The molecule has 9 heteroatoms. The third-order valence-electron chi connectivity index (χ3n) is 3.77. The van der Waals surface area contributed by atoms with Crippen LogP contribution in [0.2, 0.25) is 10.0 Å². The minimum Gasteiger partial charge on any atom is -0.488 e. The van der Waals surface area contributed by atoms with Crippen molar-refractivity contribution in [3.05, 3.63) is 68.5 Å². The van der Waals surface area contributed by atoms with E-state index in [2.05, 4.69) is 0 Å². The number of thiocarbonyl (C=S) groups is 1. The fraction of sp³-hybridized carbons (Fsp3) is 0.105. The number of carboxylic acid groups (broad SMARTS) is 1. The molecule has 2 aromatic rings. The number of carboxylic acids is 1. The zero-order valence-corrected chi connectivity index (χ0v) is 17.4. The molecule has 0 bridgehead atoms. The van der Waals surface area contributed by atoms with Crippen molar-refractivity contribution in [2.45, 2.75) is 6.61 Å². The SMILES string of the molecule is O=C(O)CN1C(=O)/C(=C\c2ccccc2OCc2ccc(Cl)cc2Cl)SC1=S. The monoisotopic (exact) mass is 453 g/mol. The first-order valence-corrected chi connectivity index (χ1v) is 9.96. The van der Waals surface area contributed by atoms with Crippen LogP contribution in [0.3, 0.4) is 0 Å². The van der Waals surface area contributed by atoms with Crippen molar-refractivity contribution in [2.24, 2.45) is 0 Å². The third-order valence-corrected chi connectivity index (χ3v) is 5.74. The minimum atomic E-state index is -1.12. The predicted octanol–water partition coefficient (Wildman–Crippen LogP) is 4.86. The van der Waals surface area contributed by atoms with E-state index >= 15 is 0 Å². The number of hydrogen-bond acceptors (Lipinski definition) is 5. The first-order chi connectivity index (χ1) is 13.3. The van der Waals surface area contributed by atoms with E-state index in [9.17, 15) is 9.59 Å². The summed E-state index contributed by atoms with van der Waals surface area (Å²) < 4.78 is 6.09. The lowest BCUT2D eigenvalue weighted by atomic mass is 10.1. The van der Waals surface area contributed by atoms with E-state index in [-0.39, 0.29) is 10.9 Å². The van der Waals surface area contributed by atoms with Gasteiger partial charge in [-0.2, -0.15) is 0 Å². The third kappa shape index (κ3) is 4.86. The fourth-order valence-corrected chi connectivity index (χ4v) is 4.15. The first kappa shape index (κ1) is 20.7. The van der Waals surface area contributed by atoms with Crippen LogP contribution in [0, 0.1) is 0 Å². The molecule has 0 aliphatic carbocycles. The van der Waals surface area contributed by atoms with Crippen LogP contribution in [0.25, 0.3) is 6.08 Å². The molecule has 0 unspecified atom stereocenters. The zero-order valence-electron chi connectivity index (χ0n) is 14.2. The minimum absolute atomic E-state index is 0.213. The average molecular weight is 454 g/mol. The normalized spacial score (nSPS) is 15.4. The average Bonchev–Trinajstić information content (AvgIpc) is 2.89. The molecule has 144 valence electrons. The van der Waals surface area contributed by atoms with E-state index in [1.165, 1.54) is 0 Å². The van der Waals surface area contributed by atoms with Crippen LogP contribution in [-0.2, 0) is 16.2 Å². The Labute approximate surface area is 180 Å². The van der Waals surface area contributed by atoms with Gasteiger partial charge >= 0.3 is 5.97 Å². The van der Waals surface area contributed by atoms with Gasteiger partial charge in [-0.25, -0.2) is 0 Å². The Morgan fingerprint density at radius 1 is 1.25 bits per heavy atom. The largest absolute Gasteiger partial charge is 0.488 e. The highest BCUT2D eigenvalue weighted by atomic mass is 35.5. The Bertz CT molecular complexity index is 994. The van der Waals surface area contributed by atoms with Gasteiger partial charge in [0.25, 0.3) is 5.91 Å². The molecule has 0 aromatic heterocycles. The van der Waals surface area contributed by atoms with Gasteiger partial charge in [0.15, 0.2) is 0 Å². The molecule has 1 N–H and O–H groups in total. The molecule has 28 heavy (non-hydrogen) atoms. The van der Waals surface area contributed by atoms with Crippen LogP contribution in [0.15, 0.2) is 47.4 Å². The first-order valence-electron chi connectivity index (χ1n) is 7.98. The van der Waals surface area contributed by atoms with Gasteiger partial charge in [0, 0.05) is 21.2 Å². The quantitative estimate of drug-likeness (QED) is 0.497. The summed E-state index contributed by atoms with van der Waals surface area (Å²) in [7, 11) is 0. The smallest absolute Gasteiger partial charge is 0.323 e. The van der Waals surface area contributed by atoms with Crippen molar-refractivity contribution in [2.75, 3.05) is 6.54 Å².